The Labute approximate surface area is 112 Å². The van der Waals surface area contributed by atoms with Gasteiger partial charge in [-0.25, -0.2) is 18.2 Å². The number of nitrogens with zero attached hydrogens (tertiary/aromatic N) is 2. The van der Waals surface area contributed by atoms with Crippen LogP contribution in [0.25, 0.3) is 22.4 Å². The van der Waals surface area contributed by atoms with E-state index in [9.17, 15) is 13.2 Å². The number of fused-ring (bicyclic) bond motifs is 1. The average molecular weight is 277 g/mol. The summed E-state index contributed by atoms with van der Waals surface area (Å²) < 4.78 is 41.8. The summed E-state index contributed by atoms with van der Waals surface area (Å²) in [5.74, 6) is -3.82. The Balaban J connectivity index is 2.33. The highest BCUT2D eigenvalue weighted by Crippen LogP contribution is 2.29. The highest BCUT2D eigenvalue weighted by Gasteiger charge is 2.19. The van der Waals surface area contributed by atoms with Gasteiger partial charge in [0.1, 0.15) is 11.3 Å². The van der Waals surface area contributed by atoms with Crippen LogP contribution < -0.4 is 5.73 Å². The van der Waals surface area contributed by atoms with E-state index in [0.29, 0.717) is 16.7 Å². The van der Waals surface area contributed by atoms with Gasteiger partial charge in [0.2, 0.25) is 0 Å². The summed E-state index contributed by atoms with van der Waals surface area (Å²) in [7, 11) is 1.66. The lowest BCUT2D eigenvalue weighted by Crippen LogP contribution is -1.99. The molecule has 3 aromatic rings. The maximum atomic E-state index is 13.9. The van der Waals surface area contributed by atoms with Crippen molar-refractivity contribution in [3.63, 3.8) is 0 Å². The van der Waals surface area contributed by atoms with Gasteiger partial charge in [-0.3, -0.25) is 0 Å². The van der Waals surface area contributed by atoms with Crippen molar-refractivity contribution in [2.75, 3.05) is 5.73 Å². The van der Waals surface area contributed by atoms with Crippen LogP contribution in [0.15, 0.2) is 30.3 Å². The van der Waals surface area contributed by atoms with E-state index >= 15 is 0 Å². The molecule has 0 atom stereocenters. The van der Waals surface area contributed by atoms with Crippen LogP contribution in [0.2, 0.25) is 0 Å². The van der Waals surface area contributed by atoms with Gasteiger partial charge < -0.3 is 10.3 Å². The first kappa shape index (κ1) is 12.5. The van der Waals surface area contributed by atoms with E-state index < -0.39 is 17.5 Å². The summed E-state index contributed by atoms with van der Waals surface area (Å²) in [6.07, 6.45) is 0. The molecule has 20 heavy (non-hydrogen) atoms. The Morgan fingerprint density at radius 1 is 1.05 bits per heavy atom. The third-order valence-electron chi connectivity index (χ3n) is 3.22. The topological polar surface area (TPSA) is 43.8 Å². The van der Waals surface area contributed by atoms with E-state index in [-0.39, 0.29) is 11.4 Å². The zero-order valence-corrected chi connectivity index (χ0v) is 10.5. The number of halogens is 3. The second kappa shape index (κ2) is 4.26. The van der Waals surface area contributed by atoms with Gasteiger partial charge in [0, 0.05) is 7.05 Å². The van der Waals surface area contributed by atoms with Gasteiger partial charge in [-0.1, -0.05) is 6.07 Å². The van der Waals surface area contributed by atoms with Gasteiger partial charge in [0.15, 0.2) is 17.5 Å². The molecule has 2 N–H and O–H groups in total. The summed E-state index contributed by atoms with van der Waals surface area (Å²) in [6, 6.07) is 7.20. The molecule has 0 radical (unpaired) electrons. The maximum Gasteiger partial charge on any atom is 0.195 e. The number of rotatable bonds is 1. The summed E-state index contributed by atoms with van der Waals surface area (Å²) in [4.78, 5) is 4.22. The molecular formula is C14H10F3N3. The van der Waals surface area contributed by atoms with Gasteiger partial charge in [0.05, 0.1) is 16.8 Å². The molecule has 6 heteroatoms. The van der Waals surface area contributed by atoms with Crippen molar-refractivity contribution in [3.8, 4) is 11.4 Å². The summed E-state index contributed by atoms with van der Waals surface area (Å²) >= 11 is 0. The zero-order chi connectivity index (χ0) is 14.4. The molecule has 0 spiro atoms. The number of para-hydroxylation sites is 1. The molecule has 0 bridgehead atoms. The first-order valence-electron chi connectivity index (χ1n) is 5.85. The molecule has 0 saturated heterocycles. The molecule has 102 valence electrons. The molecule has 2 aromatic carbocycles. The van der Waals surface area contributed by atoms with Crippen LogP contribution in [0, 0.1) is 17.5 Å². The van der Waals surface area contributed by atoms with Crippen LogP contribution in [0.3, 0.4) is 0 Å². The SMILES string of the molecule is Cn1c(-c2ccc(F)c(F)c2F)nc2c(N)cccc21. The number of anilines is 1. The normalized spacial score (nSPS) is 11.2. The maximum absolute atomic E-state index is 13.9. The fourth-order valence-electron chi connectivity index (χ4n) is 2.18. The number of nitrogens with two attached hydrogens (primary N) is 1. The molecule has 3 rings (SSSR count). The van der Waals surface area contributed by atoms with Crippen molar-refractivity contribution < 1.29 is 13.2 Å². The third kappa shape index (κ3) is 1.65. The number of imidazole rings is 1. The Bertz CT molecular complexity index is 824. The molecule has 0 saturated carbocycles. The number of nitrogen functional groups attached to an aromatic ring is 1. The van der Waals surface area contributed by atoms with Gasteiger partial charge >= 0.3 is 0 Å². The largest absolute Gasteiger partial charge is 0.397 e. The summed E-state index contributed by atoms with van der Waals surface area (Å²) in [5.41, 5.74) is 7.31. The minimum Gasteiger partial charge on any atom is -0.397 e. The van der Waals surface area contributed by atoms with Gasteiger partial charge in [-0.2, -0.15) is 0 Å². The van der Waals surface area contributed by atoms with E-state index in [2.05, 4.69) is 4.98 Å². The second-order valence-electron chi connectivity index (χ2n) is 4.43. The molecular weight excluding hydrogens is 267 g/mol. The smallest absolute Gasteiger partial charge is 0.195 e. The molecule has 1 aromatic heterocycles. The number of hydrogen-bond donors (Lipinski definition) is 1. The molecule has 0 aliphatic heterocycles. The lowest BCUT2D eigenvalue weighted by atomic mass is 10.2. The highest BCUT2D eigenvalue weighted by molar-refractivity contribution is 5.90. The lowest BCUT2D eigenvalue weighted by Gasteiger charge is -2.05. The van der Waals surface area contributed by atoms with Crippen LogP contribution in [0.1, 0.15) is 0 Å². The molecule has 0 amide bonds. The third-order valence-corrected chi connectivity index (χ3v) is 3.22. The summed E-state index contributed by atoms with van der Waals surface area (Å²) in [5, 5.41) is 0. The van der Waals surface area contributed by atoms with Crippen molar-refractivity contribution >= 4 is 16.7 Å². The van der Waals surface area contributed by atoms with E-state index in [1.54, 1.807) is 29.8 Å². The van der Waals surface area contributed by atoms with Crippen LogP contribution in [0.4, 0.5) is 18.9 Å². The first-order chi connectivity index (χ1) is 9.50. The van der Waals surface area contributed by atoms with Crippen molar-refractivity contribution in [2.24, 2.45) is 7.05 Å². The van der Waals surface area contributed by atoms with Crippen LogP contribution in [0.5, 0.6) is 0 Å². The summed E-state index contributed by atoms with van der Waals surface area (Å²) in [6.45, 7) is 0. The average Bonchev–Trinajstić information content (AvgIpc) is 2.76. The standard InChI is InChI=1S/C14H10F3N3/c1-20-10-4-2-3-9(18)13(10)19-14(20)7-5-6-8(15)12(17)11(7)16/h2-6H,18H2,1H3. The van der Waals surface area contributed by atoms with E-state index in [4.69, 9.17) is 5.73 Å². The molecule has 1 heterocycles. The Hall–Kier alpha value is -2.50. The Kier molecular flexibility index (Phi) is 2.67. The predicted octanol–water partition coefficient (Wildman–Crippen LogP) is 3.24. The van der Waals surface area contributed by atoms with Crippen molar-refractivity contribution in [1.82, 2.24) is 9.55 Å². The van der Waals surface area contributed by atoms with E-state index in [0.717, 1.165) is 12.1 Å². The van der Waals surface area contributed by atoms with Crippen LogP contribution in [-0.2, 0) is 7.05 Å². The zero-order valence-electron chi connectivity index (χ0n) is 10.5. The molecule has 0 aliphatic carbocycles. The van der Waals surface area contributed by atoms with Crippen LogP contribution >= 0.6 is 0 Å². The Morgan fingerprint density at radius 2 is 1.80 bits per heavy atom. The highest BCUT2D eigenvalue weighted by atomic mass is 19.2. The van der Waals surface area contributed by atoms with Gasteiger partial charge in [-0.05, 0) is 24.3 Å². The quantitative estimate of drug-likeness (QED) is 0.548. The Morgan fingerprint density at radius 3 is 2.50 bits per heavy atom. The fourth-order valence-corrected chi connectivity index (χ4v) is 2.18. The molecule has 0 aliphatic rings. The first-order valence-corrected chi connectivity index (χ1v) is 5.85. The predicted molar refractivity (Wildman–Crippen MR) is 70.4 cm³/mol. The molecule has 3 nitrogen and oxygen atoms in total. The number of hydrogen-bond acceptors (Lipinski definition) is 2. The second-order valence-corrected chi connectivity index (χ2v) is 4.43. The minimum absolute atomic E-state index is 0.109. The van der Waals surface area contributed by atoms with E-state index in [1.807, 2.05) is 0 Å². The van der Waals surface area contributed by atoms with Crippen LogP contribution in [-0.4, -0.2) is 9.55 Å². The number of aryl methyl sites for hydroxylation is 1. The molecule has 0 unspecified atom stereocenters. The van der Waals surface area contributed by atoms with E-state index in [1.165, 1.54) is 0 Å². The number of aromatic nitrogens is 2. The van der Waals surface area contributed by atoms with Crippen molar-refractivity contribution in [3.05, 3.63) is 47.8 Å². The van der Waals surface area contributed by atoms with Crippen molar-refractivity contribution in [2.45, 2.75) is 0 Å². The monoisotopic (exact) mass is 277 g/mol. The minimum atomic E-state index is -1.51. The van der Waals surface area contributed by atoms with Gasteiger partial charge in [-0.15, -0.1) is 0 Å². The van der Waals surface area contributed by atoms with Crippen molar-refractivity contribution in [1.29, 1.82) is 0 Å². The lowest BCUT2D eigenvalue weighted by molar-refractivity contribution is 0.448. The molecule has 0 fully saturated rings. The number of benzene rings is 2. The fraction of sp³-hybridized carbons (Fsp3) is 0.0714. The van der Waals surface area contributed by atoms with Gasteiger partial charge in [0.25, 0.3) is 0 Å².